The number of hydrogen-bond donors (Lipinski definition) is 0. The Labute approximate surface area is 153 Å². The third kappa shape index (κ3) is 2.90. The third-order valence-corrected chi connectivity index (χ3v) is 4.71. The number of carbonyl (C=O) groups is 1. The van der Waals surface area contributed by atoms with Crippen molar-refractivity contribution >= 4 is 22.5 Å². The molecule has 0 fully saturated rings. The van der Waals surface area contributed by atoms with Gasteiger partial charge in [-0.05, 0) is 35.7 Å². The molecule has 0 saturated carbocycles. The number of hydrogen-bond acceptors (Lipinski definition) is 3. The van der Waals surface area contributed by atoms with E-state index in [1.54, 1.807) is 0 Å². The maximum atomic E-state index is 12.6. The monoisotopic (exact) mass is 343 g/mol. The molecule has 26 heavy (non-hydrogen) atoms. The predicted molar refractivity (Wildman–Crippen MR) is 105 cm³/mol. The summed E-state index contributed by atoms with van der Waals surface area (Å²) in [6, 6.07) is 24.1. The van der Waals surface area contributed by atoms with Crippen molar-refractivity contribution < 1.29 is 9.53 Å². The number of aliphatic imine (C=N–C) groups is 1. The standard InChI is InChI=1S/C23H21NO2/c1-15(2)26-23(25)22-20(21(24-22)17-10-4-3-5-11-17)19-14-8-12-16-9-6-7-13-18(16)19/h3-15,20,22H,1-2H3/t20-,22+/m1/s1. The van der Waals surface area contributed by atoms with Crippen LogP contribution in [-0.4, -0.2) is 23.8 Å². The largest absolute Gasteiger partial charge is 0.461 e. The summed E-state index contributed by atoms with van der Waals surface area (Å²) < 4.78 is 5.46. The molecule has 0 spiro atoms. The minimum Gasteiger partial charge on any atom is -0.461 e. The van der Waals surface area contributed by atoms with Crippen LogP contribution in [0.1, 0.15) is 30.9 Å². The molecule has 0 radical (unpaired) electrons. The molecule has 0 bridgehead atoms. The summed E-state index contributed by atoms with van der Waals surface area (Å²) in [5, 5.41) is 2.32. The van der Waals surface area contributed by atoms with Crippen LogP contribution in [-0.2, 0) is 9.53 Å². The van der Waals surface area contributed by atoms with Crippen LogP contribution in [0.3, 0.4) is 0 Å². The molecule has 130 valence electrons. The van der Waals surface area contributed by atoms with E-state index in [-0.39, 0.29) is 18.0 Å². The van der Waals surface area contributed by atoms with Crippen molar-refractivity contribution in [2.45, 2.75) is 31.9 Å². The Hall–Kier alpha value is -2.94. The van der Waals surface area contributed by atoms with Gasteiger partial charge in [-0.2, -0.15) is 0 Å². The Bertz CT molecular complexity index is 970. The number of ether oxygens (including phenoxy) is 1. The first-order valence-electron chi connectivity index (χ1n) is 8.96. The Morgan fingerprint density at radius 1 is 0.923 bits per heavy atom. The van der Waals surface area contributed by atoms with Gasteiger partial charge in [-0.15, -0.1) is 0 Å². The Morgan fingerprint density at radius 2 is 1.62 bits per heavy atom. The van der Waals surface area contributed by atoms with E-state index >= 15 is 0 Å². The van der Waals surface area contributed by atoms with Crippen LogP contribution in [0.2, 0.25) is 0 Å². The van der Waals surface area contributed by atoms with Gasteiger partial charge in [-0.3, -0.25) is 4.99 Å². The molecule has 1 heterocycles. The first-order valence-corrected chi connectivity index (χ1v) is 8.96. The van der Waals surface area contributed by atoms with Gasteiger partial charge in [0.15, 0.2) is 6.04 Å². The van der Waals surface area contributed by atoms with E-state index in [2.05, 4.69) is 29.3 Å². The lowest BCUT2D eigenvalue weighted by Crippen LogP contribution is -2.43. The summed E-state index contributed by atoms with van der Waals surface area (Å²) >= 11 is 0. The molecule has 3 aromatic rings. The van der Waals surface area contributed by atoms with Crippen molar-refractivity contribution in [3.8, 4) is 0 Å². The Morgan fingerprint density at radius 3 is 2.38 bits per heavy atom. The SMILES string of the molecule is CC(C)OC(=O)[C@H]1N=C(c2ccccc2)[C@H]1c1cccc2ccccc12. The molecule has 0 aromatic heterocycles. The van der Waals surface area contributed by atoms with E-state index in [1.807, 2.05) is 62.4 Å². The zero-order valence-corrected chi connectivity index (χ0v) is 14.9. The molecular weight excluding hydrogens is 322 g/mol. The maximum Gasteiger partial charge on any atom is 0.332 e. The number of carbonyl (C=O) groups excluding carboxylic acids is 1. The fourth-order valence-electron chi connectivity index (χ4n) is 3.56. The van der Waals surface area contributed by atoms with Crippen LogP contribution in [0.5, 0.6) is 0 Å². The summed E-state index contributed by atoms with van der Waals surface area (Å²) in [6.45, 7) is 3.73. The highest BCUT2D eigenvalue weighted by Crippen LogP contribution is 2.39. The Balaban J connectivity index is 1.81. The average Bonchev–Trinajstić information content (AvgIpc) is 2.61. The fourth-order valence-corrected chi connectivity index (χ4v) is 3.56. The number of benzene rings is 3. The third-order valence-electron chi connectivity index (χ3n) is 4.71. The van der Waals surface area contributed by atoms with Gasteiger partial charge >= 0.3 is 5.97 Å². The second kappa shape index (κ2) is 6.75. The van der Waals surface area contributed by atoms with Crippen LogP contribution in [0.25, 0.3) is 10.8 Å². The van der Waals surface area contributed by atoms with Gasteiger partial charge in [0.25, 0.3) is 0 Å². The highest BCUT2D eigenvalue weighted by atomic mass is 16.5. The quantitative estimate of drug-likeness (QED) is 0.641. The molecule has 1 aliphatic rings. The van der Waals surface area contributed by atoms with Crippen molar-refractivity contribution in [1.29, 1.82) is 0 Å². The highest BCUT2D eigenvalue weighted by molar-refractivity contribution is 6.14. The molecule has 3 aromatic carbocycles. The zero-order chi connectivity index (χ0) is 18.1. The molecular formula is C23H21NO2. The smallest absolute Gasteiger partial charge is 0.332 e. The lowest BCUT2D eigenvalue weighted by molar-refractivity contribution is -0.149. The molecule has 0 aliphatic carbocycles. The lowest BCUT2D eigenvalue weighted by Gasteiger charge is -2.35. The van der Waals surface area contributed by atoms with Crippen LogP contribution in [0, 0.1) is 0 Å². The van der Waals surface area contributed by atoms with E-state index in [0.717, 1.165) is 22.2 Å². The van der Waals surface area contributed by atoms with Crippen LogP contribution < -0.4 is 0 Å². The normalized spacial score (nSPS) is 19.1. The second-order valence-corrected chi connectivity index (χ2v) is 6.86. The van der Waals surface area contributed by atoms with Crippen molar-refractivity contribution in [3.63, 3.8) is 0 Å². The molecule has 2 atom stereocenters. The molecule has 0 N–H and O–H groups in total. The molecule has 0 amide bonds. The number of nitrogens with zero attached hydrogens (tertiary/aromatic N) is 1. The first kappa shape index (κ1) is 16.5. The fraction of sp³-hybridized carbons (Fsp3) is 0.217. The summed E-state index contributed by atoms with van der Waals surface area (Å²) in [6.07, 6.45) is -0.147. The predicted octanol–water partition coefficient (Wildman–Crippen LogP) is 4.75. The van der Waals surface area contributed by atoms with Crippen molar-refractivity contribution in [1.82, 2.24) is 0 Å². The van der Waals surface area contributed by atoms with Gasteiger partial charge in [0.2, 0.25) is 0 Å². The van der Waals surface area contributed by atoms with Crippen LogP contribution in [0.15, 0.2) is 77.8 Å². The van der Waals surface area contributed by atoms with Gasteiger partial charge in [0, 0.05) is 0 Å². The van der Waals surface area contributed by atoms with Gasteiger partial charge in [0.1, 0.15) is 0 Å². The summed E-state index contributed by atoms with van der Waals surface area (Å²) in [4.78, 5) is 17.3. The van der Waals surface area contributed by atoms with E-state index < -0.39 is 6.04 Å². The summed E-state index contributed by atoms with van der Waals surface area (Å²) in [5.41, 5.74) is 3.13. The summed E-state index contributed by atoms with van der Waals surface area (Å²) in [5.74, 6) is -0.340. The minimum absolute atomic E-state index is 0.0882. The molecule has 3 heteroatoms. The van der Waals surface area contributed by atoms with E-state index in [0.29, 0.717) is 0 Å². The van der Waals surface area contributed by atoms with E-state index in [1.165, 1.54) is 5.39 Å². The number of rotatable bonds is 4. The van der Waals surface area contributed by atoms with Crippen molar-refractivity contribution in [2.75, 3.05) is 0 Å². The van der Waals surface area contributed by atoms with E-state index in [4.69, 9.17) is 4.74 Å². The van der Waals surface area contributed by atoms with Gasteiger partial charge in [0.05, 0.1) is 17.7 Å². The number of fused-ring (bicyclic) bond motifs is 1. The Kier molecular flexibility index (Phi) is 4.29. The number of esters is 1. The van der Waals surface area contributed by atoms with Crippen LogP contribution in [0.4, 0.5) is 0 Å². The van der Waals surface area contributed by atoms with E-state index in [9.17, 15) is 4.79 Å². The topological polar surface area (TPSA) is 38.7 Å². The maximum absolute atomic E-state index is 12.6. The lowest BCUT2D eigenvalue weighted by atomic mass is 9.77. The zero-order valence-electron chi connectivity index (χ0n) is 14.9. The van der Waals surface area contributed by atoms with Crippen molar-refractivity contribution in [3.05, 3.63) is 83.9 Å². The highest BCUT2D eigenvalue weighted by Gasteiger charge is 2.43. The van der Waals surface area contributed by atoms with Gasteiger partial charge < -0.3 is 4.74 Å². The van der Waals surface area contributed by atoms with Gasteiger partial charge in [-0.25, -0.2) is 4.79 Å². The second-order valence-electron chi connectivity index (χ2n) is 6.86. The molecule has 0 unspecified atom stereocenters. The van der Waals surface area contributed by atoms with Gasteiger partial charge in [-0.1, -0.05) is 72.8 Å². The molecule has 1 aliphatic heterocycles. The van der Waals surface area contributed by atoms with Crippen LogP contribution >= 0.6 is 0 Å². The summed E-state index contributed by atoms with van der Waals surface area (Å²) in [7, 11) is 0. The first-order chi connectivity index (χ1) is 12.6. The average molecular weight is 343 g/mol. The molecule has 4 rings (SSSR count). The minimum atomic E-state index is -0.488. The molecule has 3 nitrogen and oxygen atoms in total. The molecule has 0 saturated heterocycles. The van der Waals surface area contributed by atoms with Crippen molar-refractivity contribution in [2.24, 2.45) is 4.99 Å².